The first kappa shape index (κ1) is 13.3. The molecule has 2 radical (unpaired) electrons. The summed E-state index contributed by atoms with van der Waals surface area (Å²) < 4.78 is 0. The third-order valence-electron chi connectivity index (χ3n) is 1.91. The van der Waals surface area contributed by atoms with Crippen molar-refractivity contribution < 1.29 is 9.59 Å². The average molecular weight is 196 g/mol. The highest BCUT2D eigenvalue weighted by Crippen LogP contribution is 2.27. The van der Waals surface area contributed by atoms with E-state index in [1.807, 2.05) is 0 Å². The van der Waals surface area contributed by atoms with Crippen LogP contribution in [0.25, 0.3) is 0 Å². The normalized spacial score (nSPS) is 13.1. The van der Waals surface area contributed by atoms with Crippen LogP contribution in [0.2, 0.25) is 0 Å². The van der Waals surface area contributed by atoms with E-state index in [-0.39, 0.29) is 17.5 Å². The molecule has 0 bridgehead atoms. The Morgan fingerprint density at radius 1 is 0.786 bits per heavy atom. The molecule has 2 nitrogen and oxygen atoms in total. The van der Waals surface area contributed by atoms with Crippen LogP contribution in [0.3, 0.4) is 0 Å². The molecule has 0 aliphatic rings. The zero-order valence-corrected chi connectivity index (χ0v) is 10.0. The first-order chi connectivity index (χ1) is 5.98. The number of ketones is 2. The summed E-state index contributed by atoms with van der Waals surface area (Å²) in [6.07, 6.45) is 0. The van der Waals surface area contributed by atoms with Crippen molar-refractivity contribution in [2.75, 3.05) is 0 Å². The van der Waals surface area contributed by atoms with E-state index in [0.29, 0.717) is 0 Å². The zero-order chi connectivity index (χ0) is 11.7. The summed E-state index contributed by atoms with van der Waals surface area (Å²) >= 11 is 0. The molecule has 14 heavy (non-hydrogen) atoms. The first-order valence-electron chi connectivity index (χ1n) is 4.76. The molecule has 0 atom stereocenters. The summed E-state index contributed by atoms with van der Waals surface area (Å²) in [6, 6.07) is 0. The molecule has 0 spiro atoms. The minimum atomic E-state index is -0.530. The minimum absolute atomic E-state index is 0.116. The molecule has 0 aromatic carbocycles. The maximum absolute atomic E-state index is 11.7. The molecule has 0 amide bonds. The Labute approximate surface area is 87.1 Å². The van der Waals surface area contributed by atoms with Crippen LogP contribution in [0.4, 0.5) is 0 Å². The highest BCUT2D eigenvalue weighted by molar-refractivity contribution is 6.20. The van der Waals surface area contributed by atoms with Crippen LogP contribution in [0.5, 0.6) is 0 Å². The van der Waals surface area contributed by atoms with Crippen LogP contribution in [0.1, 0.15) is 41.5 Å². The van der Waals surface area contributed by atoms with Crippen LogP contribution in [0, 0.1) is 23.7 Å². The summed E-state index contributed by atoms with van der Waals surface area (Å²) in [5.41, 5.74) is -1.06. The Balaban J connectivity index is 4.74. The Kier molecular flexibility index (Phi) is 3.65. The molecule has 0 aliphatic heterocycles. The molecule has 0 unspecified atom stereocenters. The summed E-state index contributed by atoms with van der Waals surface area (Å²) in [4.78, 5) is 23.5. The summed E-state index contributed by atoms with van der Waals surface area (Å²) in [6.45, 7) is 14.3. The predicted octanol–water partition coefficient (Wildman–Crippen LogP) is 2.63. The van der Waals surface area contributed by atoms with Gasteiger partial charge in [0.2, 0.25) is 0 Å². The third kappa shape index (κ3) is 3.24. The van der Waals surface area contributed by atoms with Gasteiger partial charge in [-0.3, -0.25) is 9.59 Å². The highest BCUT2D eigenvalue weighted by Gasteiger charge is 2.36. The highest BCUT2D eigenvalue weighted by atomic mass is 16.2. The van der Waals surface area contributed by atoms with Gasteiger partial charge in [-0.2, -0.15) is 0 Å². The van der Waals surface area contributed by atoms with E-state index in [0.717, 1.165) is 0 Å². The van der Waals surface area contributed by atoms with Gasteiger partial charge in [-0.1, -0.05) is 41.5 Å². The van der Waals surface area contributed by atoms with Gasteiger partial charge >= 0.3 is 0 Å². The van der Waals surface area contributed by atoms with Crippen molar-refractivity contribution in [3.8, 4) is 0 Å². The van der Waals surface area contributed by atoms with Crippen LogP contribution in [-0.2, 0) is 9.59 Å². The van der Waals surface area contributed by atoms with Crippen LogP contribution < -0.4 is 0 Å². The summed E-state index contributed by atoms with van der Waals surface area (Å²) in [7, 11) is 0. The molecular weight excluding hydrogens is 176 g/mol. The van der Waals surface area contributed by atoms with Crippen LogP contribution in [0.15, 0.2) is 0 Å². The quantitative estimate of drug-likeness (QED) is 0.636. The van der Waals surface area contributed by atoms with E-state index in [2.05, 4.69) is 6.92 Å². The van der Waals surface area contributed by atoms with Crippen molar-refractivity contribution in [2.45, 2.75) is 41.5 Å². The first-order valence-corrected chi connectivity index (χ1v) is 4.76. The van der Waals surface area contributed by atoms with Gasteiger partial charge in [0, 0.05) is 10.8 Å². The molecule has 0 heterocycles. The number of Topliss-reactive ketones (excluding diaryl/α,β-unsaturated/α-hetero) is 2. The third-order valence-corrected chi connectivity index (χ3v) is 1.91. The van der Waals surface area contributed by atoms with Crippen molar-refractivity contribution in [3.05, 3.63) is 12.8 Å². The lowest BCUT2D eigenvalue weighted by molar-refractivity contribution is -0.131. The maximum Gasteiger partial charge on any atom is 0.153 e. The second-order valence-electron chi connectivity index (χ2n) is 5.64. The van der Waals surface area contributed by atoms with Crippen molar-refractivity contribution in [1.82, 2.24) is 0 Å². The van der Waals surface area contributed by atoms with E-state index in [9.17, 15) is 9.59 Å². The average Bonchev–Trinajstić information content (AvgIpc) is 1.97. The lowest BCUT2D eigenvalue weighted by atomic mass is 9.75. The molecule has 0 aliphatic carbocycles. The topological polar surface area (TPSA) is 34.1 Å². The van der Waals surface area contributed by atoms with Crippen molar-refractivity contribution in [2.24, 2.45) is 10.8 Å². The molecule has 0 rings (SSSR count). The van der Waals surface area contributed by atoms with Gasteiger partial charge in [0.05, 0.1) is 0 Å². The zero-order valence-electron chi connectivity index (χ0n) is 10.0. The molecule has 2 heteroatoms. The second kappa shape index (κ2) is 3.84. The largest absolute Gasteiger partial charge is 0.298 e. The van der Waals surface area contributed by atoms with Crippen molar-refractivity contribution in [1.29, 1.82) is 0 Å². The standard InChI is InChI=1S/C12H20O2/c1-8(9(13)11(2,3)4)10(14)12(5,6)7/h1H2,2-7H3. The van der Waals surface area contributed by atoms with Crippen molar-refractivity contribution in [3.63, 3.8) is 0 Å². The fourth-order valence-corrected chi connectivity index (χ4v) is 1.01. The van der Waals surface area contributed by atoms with Gasteiger partial charge in [0.15, 0.2) is 11.6 Å². The van der Waals surface area contributed by atoms with Gasteiger partial charge in [-0.15, -0.1) is 0 Å². The Morgan fingerprint density at radius 2 is 1.00 bits per heavy atom. The lowest BCUT2D eigenvalue weighted by Crippen LogP contribution is -2.35. The summed E-state index contributed by atoms with van der Waals surface area (Å²) in [5.74, 6) is -0.222. The second-order valence-corrected chi connectivity index (χ2v) is 5.64. The maximum atomic E-state index is 11.7. The number of hydrogen-bond donors (Lipinski definition) is 0. The molecule has 0 saturated heterocycles. The van der Waals surface area contributed by atoms with E-state index in [4.69, 9.17) is 0 Å². The van der Waals surface area contributed by atoms with Gasteiger partial charge in [0.25, 0.3) is 0 Å². The fourth-order valence-electron chi connectivity index (χ4n) is 1.01. The predicted molar refractivity (Wildman–Crippen MR) is 57.5 cm³/mol. The molecule has 0 aromatic heterocycles. The number of rotatable bonds is 2. The van der Waals surface area contributed by atoms with Crippen LogP contribution >= 0.6 is 0 Å². The van der Waals surface area contributed by atoms with E-state index in [1.54, 1.807) is 41.5 Å². The smallest absolute Gasteiger partial charge is 0.153 e. The van der Waals surface area contributed by atoms with E-state index < -0.39 is 10.8 Å². The number of hydrogen-bond acceptors (Lipinski definition) is 2. The Hall–Kier alpha value is -0.660. The minimum Gasteiger partial charge on any atom is -0.298 e. The van der Waals surface area contributed by atoms with Crippen molar-refractivity contribution >= 4 is 11.6 Å². The van der Waals surface area contributed by atoms with Gasteiger partial charge in [-0.05, 0) is 6.92 Å². The summed E-state index contributed by atoms with van der Waals surface area (Å²) in [5, 5.41) is 0. The number of carbonyl (C=O) groups is 2. The molecule has 0 aromatic rings. The monoisotopic (exact) mass is 196 g/mol. The molecule has 80 valence electrons. The Morgan fingerprint density at radius 3 is 1.14 bits per heavy atom. The molecule has 0 N–H and O–H groups in total. The fraction of sp³-hybridized carbons (Fsp3) is 0.667. The van der Waals surface area contributed by atoms with Gasteiger partial charge in [-0.25, -0.2) is 0 Å². The molecule has 0 saturated carbocycles. The SMILES string of the molecule is [CH2][C](C(=O)C(C)(C)C)C(=O)C(C)(C)C. The van der Waals surface area contributed by atoms with Gasteiger partial charge < -0.3 is 0 Å². The number of carbonyl (C=O) groups excluding carboxylic acids is 2. The molecular formula is C12H20O2. The van der Waals surface area contributed by atoms with E-state index >= 15 is 0 Å². The molecule has 0 fully saturated rings. The van der Waals surface area contributed by atoms with E-state index in [1.165, 1.54) is 0 Å². The Bertz CT molecular complexity index is 212. The van der Waals surface area contributed by atoms with Gasteiger partial charge in [0.1, 0.15) is 5.92 Å². The van der Waals surface area contributed by atoms with Crippen LogP contribution in [-0.4, -0.2) is 11.6 Å². The lowest BCUT2D eigenvalue weighted by Gasteiger charge is -2.25.